The predicted octanol–water partition coefficient (Wildman–Crippen LogP) is 1.10. The van der Waals surface area contributed by atoms with Gasteiger partial charge in [0.25, 0.3) is 0 Å². The van der Waals surface area contributed by atoms with Crippen molar-refractivity contribution in [3.05, 3.63) is 21.9 Å². The number of hydrogen-bond acceptors (Lipinski definition) is 4. The molecule has 0 radical (unpaired) electrons. The fourth-order valence-corrected chi connectivity index (χ4v) is 1.84. The van der Waals surface area contributed by atoms with Crippen molar-refractivity contribution in [1.29, 1.82) is 0 Å². The molecule has 0 spiro atoms. The molecule has 0 fully saturated rings. The SMILES string of the molecule is COCCC(=O)NCc1ccc(C(=O)O)s1. The molecule has 6 heteroatoms. The Bertz CT molecular complexity index is 375. The standard InChI is InChI=1S/C10H13NO4S/c1-15-5-4-9(12)11-6-7-2-3-8(16-7)10(13)14/h2-3H,4-6H2,1H3,(H,11,12)(H,13,14). The van der Waals surface area contributed by atoms with Crippen molar-refractivity contribution in [2.45, 2.75) is 13.0 Å². The molecule has 16 heavy (non-hydrogen) atoms. The van der Waals surface area contributed by atoms with Gasteiger partial charge in [-0.1, -0.05) is 0 Å². The average Bonchev–Trinajstić information content (AvgIpc) is 2.72. The van der Waals surface area contributed by atoms with Gasteiger partial charge in [0, 0.05) is 18.4 Å². The summed E-state index contributed by atoms with van der Waals surface area (Å²) < 4.78 is 4.76. The Kier molecular flexibility index (Phi) is 4.94. The van der Waals surface area contributed by atoms with Gasteiger partial charge in [-0.2, -0.15) is 0 Å². The second-order valence-corrected chi connectivity index (χ2v) is 4.26. The average molecular weight is 243 g/mol. The van der Waals surface area contributed by atoms with Crippen LogP contribution in [0.3, 0.4) is 0 Å². The minimum atomic E-state index is -0.943. The van der Waals surface area contributed by atoms with Crippen LogP contribution in [0.2, 0.25) is 0 Å². The number of ether oxygens (including phenoxy) is 1. The lowest BCUT2D eigenvalue weighted by atomic mass is 10.4. The number of thiophene rings is 1. The lowest BCUT2D eigenvalue weighted by Crippen LogP contribution is -2.23. The molecule has 0 saturated heterocycles. The highest BCUT2D eigenvalue weighted by molar-refractivity contribution is 7.13. The molecule has 5 nitrogen and oxygen atoms in total. The third-order valence-electron chi connectivity index (χ3n) is 1.87. The molecular weight excluding hydrogens is 230 g/mol. The molecule has 0 unspecified atom stereocenters. The molecular formula is C10H13NO4S. The van der Waals surface area contributed by atoms with Crippen LogP contribution in [0.15, 0.2) is 12.1 Å². The Labute approximate surface area is 97.0 Å². The minimum Gasteiger partial charge on any atom is -0.477 e. The molecule has 88 valence electrons. The van der Waals surface area contributed by atoms with Crippen LogP contribution in [0.5, 0.6) is 0 Å². The van der Waals surface area contributed by atoms with E-state index < -0.39 is 5.97 Å². The number of carbonyl (C=O) groups is 2. The van der Waals surface area contributed by atoms with Crippen molar-refractivity contribution in [3.8, 4) is 0 Å². The molecule has 1 aromatic rings. The Balaban J connectivity index is 2.36. The van der Waals surface area contributed by atoms with E-state index >= 15 is 0 Å². The zero-order chi connectivity index (χ0) is 12.0. The smallest absolute Gasteiger partial charge is 0.345 e. The zero-order valence-electron chi connectivity index (χ0n) is 8.86. The van der Waals surface area contributed by atoms with Crippen molar-refractivity contribution in [1.82, 2.24) is 5.32 Å². The Morgan fingerprint density at radius 1 is 1.50 bits per heavy atom. The van der Waals surface area contributed by atoms with Gasteiger partial charge in [-0.05, 0) is 12.1 Å². The van der Waals surface area contributed by atoms with Crippen LogP contribution < -0.4 is 5.32 Å². The fraction of sp³-hybridized carbons (Fsp3) is 0.400. The Morgan fingerprint density at radius 3 is 2.81 bits per heavy atom. The first kappa shape index (κ1) is 12.7. The minimum absolute atomic E-state index is 0.105. The van der Waals surface area contributed by atoms with E-state index in [1.165, 1.54) is 13.2 Å². The number of carboxylic acids is 1. The lowest BCUT2D eigenvalue weighted by Gasteiger charge is -2.02. The summed E-state index contributed by atoms with van der Waals surface area (Å²) in [6.07, 6.45) is 0.313. The second kappa shape index (κ2) is 6.24. The van der Waals surface area contributed by atoms with Crippen LogP contribution >= 0.6 is 11.3 Å². The van der Waals surface area contributed by atoms with E-state index in [9.17, 15) is 9.59 Å². The van der Waals surface area contributed by atoms with Crippen LogP contribution in [0.1, 0.15) is 21.0 Å². The van der Waals surface area contributed by atoms with E-state index in [1.54, 1.807) is 6.07 Å². The van der Waals surface area contributed by atoms with E-state index in [2.05, 4.69) is 5.32 Å². The van der Waals surface area contributed by atoms with Crippen LogP contribution in [0.4, 0.5) is 0 Å². The maximum Gasteiger partial charge on any atom is 0.345 e. The number of carboxylic acid groups (broad SMARTS) is 1. The summed E-state index contributed by atoms with van der Waals surface area (Å²) in [4.78, 5) is 22.9. The predicted molar refractivity (Wildman–Crippen MR) is 59.6 cm³/mol. The van der Waals surface area contributed by atoms with Crippen LogP contribution in [-0.2, 0) is 16.1 Å². The summed E-state index contributed by atoms with van der Waals surface area (Å²) in [6.45, 7) is 0.747. The fourth-order valence-electron chi connectivity index (χ4n) is 1.06. The van der Waals surface area contributed by atoms with E-state index in [1.807, 2.05) is 0 Å². The number of carbonyl (C=O) groups excluding carboxylic acids is 1. The van der Waals surface area contributed by atoms with Gasteiger partial charge in [0.2, 0.25) is 5.91 Å². The molecule has 1 aromatic heterocycles. The van der Waals surface area contributed by atoms with Gasteiger partial charge in [0.05, 0.1) is 13.2 Å². The van der Waals surface area contributed by atoms with E-state index in [0.717, 1.165) is 16.2 Å². The van der Waals surface area contributed by atoms with Gasteiger partial charge in [0.15, 0.2) is 0 Å². The third-order valence-corrected chi connectivity index (χ3v) is 2.94. The van der Waals surface area contributed by atoms with Crippen LogP contribution in [0.25, 0.3) is 0 Å². The van der Waals surface area contributed by atoms with E-state index in [-0.39, 0.29) is 10.8 Å². The second-order valence-electron chi connectivity index (χ2n) is 3.09. The number of aromatic carboxylic acids is 1. The molecule has 1 rings (SSSR count). The third kappa shape index (κ3) is 4.00. The Morgan fingerprint density at radius 2 is 2.25 bits per heavy atom. The largest absolute Gasteiger partial charge is 0.477 e. The molecule has 0 saturated carbocycles. The maximum absolute atomic E-state index is 11.2. The summed E-state index contributed by atoms with van der Waals surface area (Å²) in [7, 11) is 1.53. The quantitative estimate of drug-likeness (QED) is 0.784. The monoisotopic (exact) mass is 243 g/mol. The summed E-state index contributed by atoms with van der Waals surface area (Å²) in [5, 5.41) is 11.4. The number of rotatable bonds is 6. The molecule has 1 heterocycles. The molecule has 0 atom stereocenters. The van der Waals surface area contributed by atoms with E-state index in [0.29, 0.717) is 19.6 Å². The van der Waals surface area contributed by atoms with Crippen molar-refractivity contribution in [2.24, 2.45) is 0 Å². The molecule has 1 amide bonds. The lowest BCUT2D eigenvalue weighted by molar-refractivity contribution is -0.122. The van der Waals surface area contributed by atoms with Crippen LogP contribution in [0, 0.1) is 0 Å². The number of methoxy groups -OCH3 is 1. The van der Waals surface area contributed by atoms with Crippen molar-refractivity contribution >= 4 is 23.2 Å². The normalized spacial score (nSPS) is 10.1. The van der Waals surface area contributed by atoms with Crippen molar-refractivity contribution in [2.75, 3.05) is 13.7 Å². The Hall–Kier alpha value is -1.40. The first-order chi connectivity index (χ1) is 7.63. The topological polar surface area (TPSA) is 75.6 Å². The first-order valence-electron chi connectivity index (χ1n) is 4.71. The molecule has 0 aliphatic heterocycles. The van der Waals surface area contributed by atoms with Gasteiger partial charge >= 0.3 is 5.97 Å². The highest BCUT2D eigenvalue weighted by Gasteiger charge is 2.07. The van der Waals surface area contributed by atoms with Gasteiger partial charge < -0.3 is 15.2 Å². The first-order valence-corrected chi connectivity index (χ1v) is 5.52. The number of amides is 1. The summed E-state index contributed by atoms with van der Waals surface area (Å²) in [5.41, 5.74) is 0. The van der Waals surface area contributed by atoms with Crippen molar-refractivity contribution < 1.29 is 19.4 Å². The number of nitrogens with one attached hydrogen (secondary N) is 1. The highest BCUT2D eigenvalue weighted by atomic mass is 32.1. The van der Waals surface area contributed by atoms with Crippen molar-refractivity contribution in [3.63, 3.8) is 0 Å². The van der Waals surface area contributed by atoms with Gasteiger partial charge in [-0.15, -0.1) is 11.3 Å². The highest BCUT2D eigenvalue weighted by Crippen LogP contribution is 2.15. The maximum atomic E-state index is 11.2. The van der Waals surface area contributed by atoms with Gasteiger partial charge in [0.1, 0.15) is 4.88 Å². The molecule has 0 aromatic carbocycles. The van der Waals surface area contributed by atoms with Gasteiger partial charge in [-0.25, -0.2) is 4.79 Å². The zero-order valence-corrected chi connectivity index (χ0v) is 9.67. The summed E-state index contributed by atoms with van der Waals surface area (Å²) in [5.74, 6) is -1.05. The molecule has 0 aliphatic rings. The molecule has 0 bridgehead atoms. The molecule has 0 aliphatic carbocycles. The molecule has 2 N–H and O–H groups in total. The van der Waals surface area contributed by atoms with Crippen LogP contribution in [-0.4, -0.2) is 30.7 Å². The number of hydrogen-bond donors (Lipinski definition) is 2. The summed E-state index contributed by atoms with van der Waals surface area (Å²) >= 11 is 1.16. The van der Waals surface area contributed by atoms with E-state index in [4.69, 9.17) is 9.84 Å². The summed E-state index contributed by atoms with van der Waals surface area (Å²) in [6, 6.07) is 3.23. The van der Waals surface area contributed by atoms with Gasteiger partial charge in [-0.3, -0.25) is 4.79 Å².